The van der Waals surface area contributed by atoms with Crippen molar-refractivity contribution in [1.82, 2.24) is 4.98 Å². The standard InChI is InChI=1S/C61H40N2O/c1-4-16-42(17-5-1)57-40-45(49-27-14-21-41-18-10-11-24-48(41)49)32-39-59(57)63(46-22-8-3-9-23-46)47-33-30-43(31-34-47)50-35-36-54(52-26-13-12-25-51(50)52)53-28-15-29-56-55(53)37-38-58-60(56)64-61(62-58)44-19-6-2-7-20-44/h1-40H. The SMILES string of the molecule is c1ccc(-c2nc3ccc4c(-c5ccc(-c6ccc(N(c7ccccc7)c7ccc(-c8cccc9ccccc89)cc7-c7ccccc7)cc6)c6ccccc56)cccc4c3o2)cc1. The van der Waals surface area contributed by atoms with Gasteiger partial charge in [-0.2, -0.15) is 0 Å². The largest absolute Gasteiger partial charge is 0.435 e. The maximum Gasteiger partial charge on any atom is 0.227 e. The lowest BCUT2D eigenvalue weighted by molar-refractivity contribution is 0.623. The van der Waals surface area contributed by atoms with Crippen LogP contribution in [-0.4, -0.2) is 4.98 Å². The second kappa shape index (κ2) is 15.7. The van der Waals surface area contributed by atoms with Crippen molar-refractivity contribution >= 4 is 60.5 Å². The molecule has 0 saturated carbocycles. The summed E-state index contributed by atoms with van der Waals surface area (Å²) in [5.74, 6) is 0.632. The number of hydrogen-bond donors (Lipinski definition) is 0. The molecule has 12 rings (SSSR count). The maximum absolute atomic E-state index is 6.46. The van der Waals surface area contributed by atoms with Crippen molar-refractivity contribution in [2.24, 2.45) is 0 Å². The van der Waals surface area contributed by atoms with Crippen molar-refractivity contribution < 1.29 is 4.42 Å². The first-order valence-electron chi connectivity index (χ1n) is 21.8. The third-order valence-electron chi connectivity index (χ3n) is 12.5. The van der Waals surface area contributed by atoms with Gasteiger partial charge in [0, 0.05) is 27.9 Å². The number of nitrogens with zero attached hydrogens (tertiary/aromatic N) is 2. The zero-order chi connectivity index (χ0) is 42.4. The van der Waals surface area contributed by atoms with Crippen molar-refractivity contribution in [3.8, 4) is 56.0 Å². The van der Waals surface area contributed by atoms with E-state index in [1.807, 2.05) is 30.3 Å². The van der Waals surface area contributed by atoms with Gasteiger partial charge in [-0.1, -0.05) is 188 Å². The van der Waals surface area contributed by atoms with Crippen LogP contribution in [0.25, 0.3) is 99.4 Å². The van der Waals surface area contributed by atoms with Crippen LogP contribution in [0.5, 0.6) is 0 Å². The van der Waals surface area contributed by atoms with Gasteiger partial charge in [-0.25, -0.2) is 4.98 Å². The molecule has 1 aromatic heterocycles. The van der Waals surface area contributed by atoms with Crippen molar-refractivity contribution in [2.45, 2.75) is 0 Å². The third kappa shape index (κ3) is 6.50. The molecule has 0 unspecified atom stereocenters. The number of benzene rings is 11. The second-order valence-corrected chi connectivity index (χ2v) is 16.2. The second-order valence-electron chi connectivity index (χ2n) is 16.2. The lowest BCUT2D eigenvalue weighted by Crippen LogP contribution is -2.11. The van der Waals surface area contributed by atoms with Crippen LogP contribution in [0.2, 0.25) is 0 Å². The van der Waals surface area contributed by atoms with Gasteiger partial charge in [-0.15, -0.1) is 0 Å². The Labute approximate surface area is 371 Å². The van der Waals surface area contributed by atoms with E-state index >= 15 is 0 Å². The van der Waals surface area contributed by atoms with Crippen LogP contribution >= 0.6 is 0 Å². The van der Waals surface area contributed by atoms with Crippen molar-refractivity contribution in [1.29, 1.82) is 0 Å². The molecule has 12 aromatic rings. The van der Waals surface area contributed by atoms with E-state index in [1.165, 1.54) is 43.8 Å². The summed E-state index contributed by atoms with van der Waals surface area (Å²) in [5, 5.41) is 7.06. The number of fused-ring (bicyclic) bond motifs is 5. The molecule has 0 saturated heterocycles. The van der Waals surface area contributed by atoms with Gasteiger partial charge in [0.15, 0.2) is 5.58 Å². The predicted molar refractivity (Wildman–Crippen MR) is 268 cm³/mol. The molecule has 0 amide bonds. The Morgan fingerprint density at radius 1 is 0.312 bits per heavy atom. The molecule has 1 heterocycles. The Bertz CT molecular complexity index is 3650. The molecule has 0 atom stereocenters. The van der Waals surface area contributed by atoms with Gasteiger partial charge in [0.25, 0.3) is 0 Å². The average Bonchev–Trinajstić information content (AvgIpc) is 3.83. The maximum atomic E-state index is 6.46. The van der Waals surface area contributed by atoms with E-state index in [2.05, 4.69) is 217 Å². The summed E-state index contributed by atoms with van der Waals surface area (Å²) in [4.78, 5) is 7.24. The van der Waals surface area contributed by atoms with Gasteiger partial charge in [0.05, 0.1) is 5.69 Å². The van der Waals surface area contributed by atoms with Gasteiger partial charge in [-0.05, 0) is 120 Å². The molecular formula is C61H40N2O. The lowest BCUT2D eigenvalue weighted by atomic mass is 9.90. The van der Waals surface area contributed by atoms with Crippen LogP contribution in [0.4, 0.5) is 17.1 Å². The zero-order valence-electron chi connectivity index (χ0n) is 34.9. The van der Waals surface area contributed by atoms with Gasteiger partial charge < -0.3 is 9.32 Å². The molecule has 0 aliphatic heterocycles. The summed E-state index contributed by atoms with van der Waals surface area (Å²) < 4.78 is 6.46. The highest BCUT2D eigenvalue weighted by Crippen LogP contribution is 2.45. The molecule has 0 aliphatic carbocycles. The number of rotatable bonds is 8. The quantitative estimate of drug-likeness (QED) is 0.153. The topological polar surface area (TPSA) is 29.3 Å². The highest BCUT2D eigenvalue weighted by molar-refractivity contribution is 6.14. The van der Waals surface area contributed by atoms with E-state index in [-0.39, 0.29) is 0 Å². The smallest absolute Gasteiger partial charge is 0.227 e. The summed E-state index contributed by atoms with van der Waals surface area (Å²) in [5.41, 5.74) is 15.3. The van der Waals surface area contributed by atoms with Crippen LogP contribution in [0, 0.1) is 0 Å². The van der Waals surface area contributed by atoms with Gasteiger partial charge in [0.2, 0.25) is 5.89 Å². The number of oxazole rings is 1. The van der Waals surface area contributed by atoms with E-state index in [0.29, 0.717) is 5.89 Å². The summed E-state index contributed by atoms with van der Waals surface area (Å²) >= 11 is 0. The van der Waals surface area contributed by atoms with Gasteiger partial charge in [0.1, 0.15) is 5.52 Å². The number of aromatic nitrogens is 1. The van der Waals surface area contributed by atoms with Gasteiger partial charge in [-0.3, -0.25) is 0 Å². The molecule has 0 spiro atoms. The average molecular weight is 817 g/mol. The van der Waals surface area contributed by atoms with Crippen molar-refractivity contribution in [2.75, 3.05) is 4.90 Å². The van der Waals surface area contributed by atoms with E-state index in [0.717, 1.165) is 66.8 Å². The van der Waals surface area contributed by atoms with Crippen LogP contribution in [0.15, 0.2) is 247 Å². The predicted octanol–water partition coefficient (Wildman–Crippen LogP) is 17.1. The first-order chi connectivity index (χ1) is 31.7. The Morgan fingerprint density at radius 2 is 0.828 bits per heavy atom. The Hall–Kier alpha value is -8.53. The molecule has 3 heteroatoms. The molecule has 300 valence electrons. The van der Waals surface area contributed by atoms with Crippen LogP contribution in [-0.2, 0) is 0 Å². The van der Waals surface area contributed by atoms with E-state index in [9.17, 15) is 0 Å². The molecule has 0 fully saturated rings. The Kier molecular flexibility index (Phi) is 9.16. The summed E-state index contributed by atoms with van der Waals surface area (Å²) in [6.45, 7) is 0. The monoisotopic (exact) mass is 816 g/mol. The summed E-state index contributed by atoms with van der Waals surface area (Å²) in [6.07, 6.45) is 0. The first-order valence-corrected chi connectivity index (χ1v) is 21.8. The summed E-state index contributed by atoms with van der Waals surface area (Å²) in [7, 11) is 0. The minimum absolute atomic E-state index is 0.632. The molecule has 0 bridgehead atoms. The molecule has 3 nitrogen and oxygen atoms in total. The molecule has 0 radical (unpaired) electrons. The normalized spacial score (nSPS) is 11.4. The Balaban J connectivity index is 0.954. The number of anilines is 3. The molecular weight excluding hydrogens is 777 g/mol. The van der Waals surface area contributed by atoms with Crippen molar-refractivity contribution in [3.63, 3.8) is 0 Å². The zero-order valence-corrected chi connectivity index (χ0v) is 34.9. The highest BCUT2D eigenvalue weighted by Gasteiger charge is 2.20. The number of hydrogen-bond acceptors (Lipinski definition) is 3. The van der Waals surface area contributed by atoms with Crippen LogP contribution in [0.3, 0.4) is 0 Å². The minimum Gasteiger partial charge on any atom is -0.435 e. The fourth-order valence-corrected chi connectivity index (χ4v) is 9.49. The van der Waals surface area contributed by atoms with Crippen LogP contribution in [0.1, 0.15) is 0 Å². The van der Waals surface area contributed by atoms with Crippen LogP contribution < -0.4 is 4.90 Å². The molecule has 11 aromatic carbocycles. The molecule has 0 aliphatic rings. The van der Waals surface area contributed by atoms with E-state index in [1.54, 1.807) is 0 Å². The molecule has 64 heavy (non-hydrogen) atoms. The summed E-state index contributed by atoms with van der Waals surface area (Å²) in [6, 6.07) is 86.8. The van der Waals surface area contributed by atoms with E-state index in [4.69, 9.17) is 9.40 Å². The number of para-hydroxylation sites is 1. The van der Waals surface area contributed by atoms with E-state index < -0.39 is 0 Å². The Morgan fingerprint density at radius 3 is 1.61 bits per heavy atom. The third-order valence-corrected chi connectivity index (χ3v) is 12.5. The highest BCUT2D eigenvalue weighted by atomic mass is 16.3. The molecule has 0 N–H and O–H groups in total. The fraction of sp³-hybridized carbons (Fsp3) is 0. The van der Waals surface area contributed by atoms with Gasteiger partial charge >= 0.3 is 0 Å². The first kappa shape index (κ1) is 37.2. The van der Waals surface area contributed by atoms with Crippen molar-refractivity contribution in [3.05, 3.63) is 243 Å². The minimum atomic E-state index is 0.632. The fourth-order valence-electron chi connectivity index (χ4n) is 9.49. The lowest BCUT2D eigenvalue weighted by Gasteiger charge is -2.28.